The predicted molar refractivity (Wildman–Crippen MR) is 496 cm³/mol. The van der Waals surface area contributed by atoms with Crippen molar-refractivity contribution in [2.24, 2.45) is 225 Å². The molecule has 0 amide bonds. The summed E-state index contributed by atoms with van der Waals surface area (Å²) in [7, 11) is 0. The van der Waals surface area contributed by atoms with Gasteiger partial charge in [0.25, 0.3) is 0 Å². The van der Waals surface area contributed by atoms with Crippen LogP contribution in [0.15, 0.2) is 255 Å². The van der Waals surface area contributed by atoms with E-state index in [1.165, 1.54) is 122 Å². The molecular weight excluding hydrogens is 1430 g/mol. The van der Waals surface area contributed by atoms with E-state index < -0.39 is 0 Å². The average Bonchev–Trinajstić information content (AvgIpc) is 1.53. The molecule has 6 aromatic rings. The zero-order chi connectivity index (χ0) is 80.1. The first-order valence-electron chi connectivity index (χ1n) is 50.9. The van der Waals surface area contributed by atoms with Crippen LogP contribution in [0.25, 0.3) is 0 Å². The van der Waals surface area contributed by atoms with Crippen molar-refractivity contribution in [1.82, 2.24) is 0 Å². The van der Waals surface area contributed by atoms with Crippen LogP contribution in [-0.2, 0) is 11.8 Å². The summed E-state index contributed by atoms with van der Waals surface area (Å²) in [4.78, 5) is 0. The molecule has 0 aliphatic heterocycles. The van der Waals surface area contributed by atoms with Gasteiger partial charge in [-0.15, -0.1) is 0 Å². The molecule has 0 aromatic heterocycles. The number of hydrogen-bond donors (Lipinski definition) is 0. The van der Waals surface area contributed by atoms with Crippen LogP contribution in [-0.4, -0.2) is 0 Å². The van der Waals surface area contributed by atoms with Crippen molar-refractivity contribution in [3.05, 3.63) is 288 Å². The fraction of sp³-hybridized carbons (Fsp3) is 0.597. The largest absolute Gasteiger partial charge is 0.0848 e. The molecule has 0 radical (unpaired) electrons. The molecule has 24 bridgehead atoms. The maximum Gasteiger partial charge on any atom is -0.00412 e. The highest BCUT2D eigenvalue weighted by Gasteiger charge is 2.68. The van der Waals surface area contributed by atoms with Gasteiger partial charge in [0, 0.05) is 0 Å². The molecule has 24 aliphatic carbocycles. The van der Waals surface area contributed by atoms with Gasteiger partial charge in [-0.3, -0.25) is 0 Å². The molecule has 0 spiro atoms. The van der Waals surface area contributed by atoms with Crippen molar-refractivity contribution in [1.29, 1.82) is 0 Å². The molecule has 42 unspecified atom stereocenters. The van der Waals surface area contributed by atoms with Crippen molar-refractivity contribution in [3.63, 3.8) is 0 Å². The summed E-state index contributed by atoms with van der Waals surface area (Å²) in [6, 6.07) is 67.8. The van der Waals surface area contributed by atoms with Gasteiger partial charge >= 0.3 is 0 Å². The summed E-state index contributed by atoms with van der Waals surface area (Å²) in [6.07, 6.45) is 60.2. The Morgan fingerprint density at radius 3 is 0.798 bits per heavy atom. The standard InChI is InChI=1S/2C19H22.4C18H20.C4H10.C3H8.C2H6/c1-19(15-5-3-2-4-6-15)11-14-10-16(19)18-13-8-7-12(9-13)17(14)18;1-2-4-12(5-3-1)8-15-10-16-11-17(15)19-14-7-6-13(9-14)18(16)19;4*1-2-4-11(5-3-1)15-9-14-10-16(15)18-13-7-6-12(8-13)17(14)18;1-4(2)3;1-3-2;1-2/h2-8,12-14,16-18H,9-11H2,1H3;1-7,13-19H,8-11H2;4*1-7,12-18H,8-10H2;4H,1-3H3;3H2,1-2H3;1-2H3. The summed E-state index contributed by atoms with van der Waals surface area (Å²) >= 11 is 0. The van der Waals surface area contributed by atoms with Gasteiger partial charge in [-0.2, -0.15) is 0 Å². The molecule has 624 valence electrons. The average molecular weight is 1580 g/mol. The Balaban J connectivity index is 0.0000000842. The van der Waals surface area contributed by atoms with E-state index >= 15 is 0 Å². The molecule has 18 saturated carbocycles. The molecule has 0 heterocycles. The van der Waals surface area contributed by atoms with Crippen LogP contribution in [0.3, 0.4) is 0 Å². The minimum Gasteiger partial charge on any atom is -0.0848 e. The summed E-state index contributed by atoms with van der Waals surface area (Å²) in [5, 5.41) is 0. The highest BCUT2D eigenvalue weighted by molar-refractivity contribution is 5.37. The molecule has 119 heavy (non-hydrogen) atoms. The molecule has 0 nitrogen and oxygen atoms in total. The maximum atomic E-state index is 2.56. The molecule has 0 saturated heterocycles. The van der Waals surface area contributed by atoms with Crippen LogP contribution in [0, 0.1) is 225 Å². The van der Waals surface area contributed by atoms with Gasteiger partial charge in [0.05, 0.1) is 0 Å². The lowest BCUT2D eigenvalue weighted by atomic mass is 9.60. The van der Waals surface area contributed by atoms with Crippen LogP contribution >= 0.6 is 0 Å². The number of benzene rings is 6. The Morgan fingerprint density at radius 2 is 0.496 bits per heavy atom. The predicted octanol–water partition coefficient (Wildman–Crippen LogP) is 29.8. The Morgan fingerprint density at radius 1 is 0.261 bits per heavy atom. The number of allylic oxidation sites excluding steroid dienone is 12. The van der Waals surface area contributed by atoms with Crippen molar-refractivity contribution >= 4 is 0 Å². The topological polar surface area (TPSA) is 0 Å². The highest BCUT2D eigenvalue weighted by atomic mass is 14.7. The van der Waals surface area contributed by atoms with E-state index in [-0.39, 0.29) is 0 Å². The zero-order valence-corrected chi connectivity index (χ0v) is 74.1. The SMILES string of the molecule is C1=CC2CC1C1C3CC(Cc4ccccc4)C(C3)C21.C1=CC2CC1C1C3CC(c4ccccc4)C(C3)C21.C1=CC2CC1C1C3CC(c4ccccc4)C(C3)C21.C1=CC2CC1C1C3CC(c4ccccc4)C(C3)C21.C1=CC2CC1C1C3CC(c4ccccc4)C(C3)C21.CC.CC(C)C.CC1(c2ccccc2)CC2CC1C1C3C=CC(C3)C21.CCC. The van der Waals surface area contributed by atoms with Crippen molar-refractivity contribution in [2.45, 2.75) is 213 Å². The third-order valence-electron chi connectivity index (χ3n) is 39.8. The zero-order valence-electron chi connectivity index (χ0n) is 74.1. The first-order chi connectivity index (χ1) is 58.5. The molecule has 24 aliphatic rings. The summed E-state index contributed by atoms with van der Waals surface area (Å²) < 4.78 is 0. The van der Waals surface area contributed by atoms with Crippen LogP contribution in [0.5, 0.6) is 0 Å². The van der Waals surface area contributed by atoms with E-state index in [9.17, 15) is 0 Å². The molecule has 6 aromatic carbocycles. The molecule has 42 atom stereocenters. The molecule has 0 N–H and O–H groups in total. The monoisotopic (exact) mass is 1580 g/mol. The van der Waals surface area contributed by atoms with Crippen LogP contribution in [0.1, 0.15) is 234 Å². The number of rotatable bonds is 7. The van der Waals surface area contributed by atoms with Gasteiger partial charge in [-0.25, -0.2) is 0 Å². The van der Waals surface area contributed by atoms with Gasteiger partial charge in [0.2, 0.25) is 0 Å². The fourth-order valence-corrected chi connectivity index (χ4v) is 37.2. The van der Waals surface area contributed by atoms with Crippen molar-refractivity contribution in [2.75, 3.05) is 0 Å². The molecular formula is C119H148. The van der Waals surface area contributed by atoms with Gasteiger partial charge in [0.1, 0.15) is 0 Å². The van der Waals surface area contributed by atoms with E-state index in [2.05, 4.69) is 296 Å². The number of fused-ring (bicyclic) bond motifs is 54. The lowest BCUT2D eigenvalue weighted by molar-refractivity contribution is 0.131. The quantitative estimate of drug-likeness (QED) is 0.110. The van der Waals surface area contributed by atoms with E-state index in [0.29, 0.717) is 5.41 Å². The Labute approximate surface area is 721 Å². The first-order valence-corrected chi connectivity index (χ1v) is 50.9. The lowest BCUT2D eigenvalue weighted by Crippen LogP contribution is -2.40. The van der Waals surface area contributed by atoms with Gasteiger partial charge in [0.15, 0.2) is 0 Å². The third-order valence-corrected chi connectivity index (χ3v) is 39.8. The van der Waals surface area contributed by atoms with Gasteiger partial charge < -0.3 is 0 Å². The Bertz CT molecular complexity index is 4250. The van der Waals surface area contributed by atoms with Gasteiger partial charge in [-0.1, -0.05) is 317 Å². The second kappa shape index (κ2) is 32.4. The maximum absolute atomic E-state index is 2.56. The smallest absolute Gasteiger partial charge is 0.00412 e. The van der Waals surface area contributed by atoms with E-state index in [1.54, 1.807) is 39.8 Å². The normalized spacial score (nSPS) is 47.6. The van der Waals surface area contributed by atoms with E-state index in [4.69, 9.17) is 0 Å². The minimum atomic E-state index is 0.464. The van der Waals surface area contributed by atoms with Crippen LogP contribution < -0.4 is 0 Å². The summed E-state index contributed by atoms with van der Waals surface area (Å²) in [5.74, 6) is 41.8. The Kier molecular flexibility index (Phi) is 21.4. The molecule has 30 rings (SSSR count). The highest BCUT2D eigenvalue weighted by Crippen LogP contribution is 2.75. The molecule has 18 fully saturated rings. The Hall–Kier alpha value is -6.24. The van der Waals surface area contributed by atoms with E-state index in [0.717, 1.165) is 249 Å². The summed E-state index contributed by atoms with van der Waals surface area (Å²) in [6.45, 7) is 17.3. The number of hydrogen-bond acceptors (Lipinski definition) is 0. The van der Waals surface area contributed by atoms with Gasteiger partial charge in [-0.05, 0) is 409 Å². The lowest BCUT2D eigenvalue weighted by Gasteiger charge is -2.44. The molecule has 0 heteroatoms. The first kappa shape index (κ1) is 78.7. The summed E-state index contributed by atoms with van der Waals surface area (Å²) in [5.41, 5.74) is 10.1. The minimum absolute atomic E-state index is 0.464. The van der Waals surface area contributed by atoms with Crippen molar-refractivity contribution in [3.8, 4) is 0 Å². The van der Waals surface area contributed by atoms with Crippen molar-refractivity contribution < 1.29 is 0 Å². The fourth-order valence-electron chi connectivity index (χ4n) is 37.2. The second-order valence-electron chi connectivity index (χ2n) is 45.6. The third kappa shape index (κ3) is 13.4. The van der Waals surface area contributed by atoms with E-state index in [1.807, 2.05) is 13.8 Å². The second-order valence-corrected chi connectivity index (χ2v) is 45.6. The van der Waals surface area contributed by atoms with Crippen LogP contribution in [0.4, 0.5) is 0 Å². The van der Waals surface area contributed by atoms with Crippen LogP contribution in [0.2, 0.25) is 0 Å².